The van der Waals surface area contributed by atoms with Crippen LogP contribution in [-0.4, -0.2) is 5.78 Å². The zero-order valence-corrected chi connectivity index (χ0v) is 11.1. The molecule has 1 aromatic rings. The molecule has 0 saturated heterocycles. The Labute approximate surface area is 107 Å². The monoisotopic (exact) mass is 258 g/mol. The van der Waals surface area contributed by atoms with Crippen molar-refractivity contribution in [2.45, 2.75) is 33.1 Å². The van der Waals surface area contributed by atoms with Crippen LogP contribution in [0.3, 0.4) is 0 Å². The van der Waals surface area contributed by atoms with E-state index in [0.29, 0.717) is 28.7 Å². The van der Waals surface area contributed by atoms with E-state index in [2.05, 4.69) is 0 Å². The van der Waals surface area contributed by atoms with E-state index >= 15 is 0 Å². The van der Waals surface area contributed by atoms with Gasteiger partial charge >= 0.3 is 0 Å². The Morgan fingerprint density at radius 2 is 2.00 bits per heavy atom. The highest BCUT2D eigenvalue weighted by molar-refractivity contribution is 6.35. The van der Waals surface area contributed by atoms with E-state index in [-0.39, 0.29) is 5.92 Å². The maximum atomic E-state index is 11.7. The van der Waals surface area contributed by atoms with Gasteiger partial charge in [0.2, 0.25) is 0 Å². The maximum Gasteiger partial charge on any atom is 0.136 e. The minimum Gasteiger partial charge on any atom is -0.299 e. The summed E-state index contributed by atoms with van der Waals surface area (Å²) in [5.41, 5.74) is 1.000. The number of hydrogen-bond acceptors (Lipinski definition) is 1. The molecular formula is C13H16Cl2O. The molecule has 0 N–H and O–H groups in total. The number of halogens is 2. The Morgan fingerprint density at radius 3 is 2.50 bits per heavy atom. The maximum absolute atomic E-state index is 11.7. The largest absolute Gasteiger partial charge is 0.299 e. The molecule has 0 radical (unpaired) electrons. The predicted molar refractivity (Wildman–Crippen MR) is 69.2 cm³/mol. The van der Waals surface area contributed by atoms with Crippen LogP contribution in [-0.2, 0) is 11.2 Å². The number of hydrogen-bond donors (Lipinski definition) is 0. The fourth-order valence-corrected chi connectivity index (χ4v) is 2.21. The first-order chi connectivity index (χ1) is 7.58. The SMILES string of the molecule is CCC(=O)C(CC)Cc1ccc(Cl)cc1Cl. The van der Waals surface area contributed by atoms with Gasteiger partial charge in [-0.3, -0.25) is 4.79 Å². The lowest BCUT2D eigenvalue weighted by molar-refractivity contribution is -0.122. The summed E-state index contributed by atoms with van der Waals surface area (Å²) in [6.07, 6.45) is 2.15. The molecule has 0 aliphatic heterocycles. The Kier molecular flexibility index (Phi) is 5.30. The predicted octanol–water partition coefficient (Wildman–Crippen LogP) is 4.54. The van der Waals surface area contributed by atoms with E-state index in [0.717, 1.165) is 12.0 Å². The van der Waals surface area contributed by atoms with Crippen molar-refractivity contribution in [3.63, 3.8) is 0 Å². The van der Waals surface area contributed by atoms with Crippen LogP contribution in [0.4, 0.5) is 0 Å². The van der Waals surface area contributed by atoms with Gasteiger partial charge in [0.1, 0.15) is 5.78 Å². The van der Waals surface area contributed by atoms with Gasteiger partial charge in [0.25, 0.3) is 0 Å². The molecule has 1 atom stereocenters. The number of carbonyl (C=O) groups is 1. The summed E-state index contributed by atoms with van der Waals surface area (Å²) >= 11 is 11.9. The lowest BCUT2D eigenvalue weighted by Crippen LogP contribution is -2.15. The summed E-state index contributed by atoms with van der Waals surface area (Å²) < 4.78 is 0. The first-order valence-electron chi connectivity index (χ1n) is 5.55. The molecule has 0 aliphatic rings. The van der Waals surface area contributed by atoms with Crippen molar-refractivity contribution in [1.29, 1.82) is 0 Å². The highest BCUT2D eigenvalue weighted by Crippen LogP contribution is 2.25. The van der Waals surface area contributed by atoms with Crippen molar-refractivity contribution < 1.29 is 4.79 Å². The second kappa shape index (κ2) is 6.27. The van der Waals surface area contributed by atoms with Gasteiger partial charge in [-0.1, -0.05) is 43.1 Å². The molecule has 0 bridgehead atoms. The quantitative estimate of drug-likeness (QED) is 0.758. The molecule has 1 unspecified atom stereocenters. The molecule has 0 heterocycles. The Hall–Kier alpha value is -0.530. The third-order valence-electron chi connectivity index (χ3n) is 2.78. The molecule has 0 fully saturated rings. The zero-order chi connectivity index (χ0) is 12.1. The van der Waals surface area contributed by atoms with Crippen LogP contribution in [0.2, 0.25) is 10.0 Å². The van der Waals surface area contributed by atoms with Gasteiger partial charge in [-0.15, -0.1) is 0 Å². The summed E-state index contributed by atoms with van der Waals surface area (Å²) in [7, 11) is 0. The van der Waals surface area contributed by atoms with E-state index in [4.69, 9.17) is 23.2 Å². The van der Waals surface area contributed by atoms with Crippen LogP contribution < -0.4 is 0 Å². The van der Waals surface area contributed by atoms with E-state index in [1.807, 2.05) is 26.0 Å². The van der Waals surface area contributed by atoms with Crippen LogP contribution in [0, 0.1) is 5.92 Å². The van der Waals surface area contributed by atoms with Crippen LogP contribution in [0.5, 0.6) is 0 Å². The minimum atomic E-state index is 0.0728. The van der Waals surface area contributed by atoms with Gasteiger partial charge in [0, 0.05) is 22.4 Å². The van der Waals surface area contributed by atoms with Crippen LogP contribution in [0.25, 0.3) is 0 Å². The highest BCUT2D eigenvalue weighted by atomic mass is 35.5. The number of benzene rings is 1. The van der Waals surface area contributed by atoms with E-state index in [1.54, 1.807) is 6.07 Å². The normalized spacial score (nSPS) is 12.5. The van der Waals surface area contributed by atoms with Crippen molar-refractivity contribution in [1.82, 2.24) is 0 Å². The first-order valence-corrected chi connectivity index (χ1v) is 6.30. The van der Waals surface area contributed by atoms with Gasteiger partial charge in [-0.05, 0) is 30.5 Å². The summed E-state index contributed by atoms with van der Waals surface area (Å²) in [6, 6.07) is 5.43. The Balaban J connectivity index is 2.82. The molecule has 1 rings (SSSR count). The van der Waals surface area contributed by atoms with Crippen molar-refractivity contribution in [3.05, 3.63) is 33.8 Å². The number of ketones is 1. The summed E-state index contributed by atoms with van der Waals surface area (Å²) in [5, 5.41) is 1.28. The molecule has 1 nitrogen and oxygen atoms in total. The third-order valence-corrected chi connectivity index (χ3v) is 3.36. The summed E-state index contributed by atoms with van der Waals surface area (Å²) in [6.45, 7) is 3.93. The Bertz CT molecular complexity index is 374. The van der Waals surface area contributed by atoms with Gasteiger partial charge < -0.3 is 0 Å². The smallest absolute Gasteiger partial charge is 0.136 e. The highest BCUT2D eigenvalue weighted by Gasteiger charge is 2.16. The first kappa shape index (κ1) is 13.5. The number of rotatable bonds is 5. The van der Waals surface area contributed by atoms with Gasteiger partial charge in [0.05, 0.1) is 0 Å². The lowest BCUT2D eigenvalue weighted by Gasteiger charge is -2.13. The second-order valence-electron chi connectivity index (χ2n) is 3.86. The van der Waals surface area contributed by atoms with Crippen molar-refractivity contribution in [2.24, 2.45) is 5.92 Å². The lowest BCUT2D eigenvalue weighted by atomic mass is 9.92. The molecule has 88 valence electrons. The molecule has 0 amide bonds. The topological polar surface area (TPSA) is 17.1 Å². The third kappa shape index (κ3) is 3.50. The molecular weight excluding hydrogens is 243 g/mol. The fraction of sp³-hybridized carbons (Fsp3) is 0.462. The Morgan fingerprint density at radius 1 is 1.31 bits per heavy atom. The summed E-state index contributed by atoms with van der Waals surface area (Å²) in [5.74, 6) is 0.372. The molecule has 3 heteroatoms. The molecule has 0 saturated carbocycles. The van der Waals surface area contributed by atoms with E-state index < -0.39 is 0 Å². The number of carbonyl (C=O) groups excluding carboxylic acids is 1. The van der Waals surface area contributed by atoms with Crippen molar-refractivity contribution >= 4 is 29.0 Å². The molecule has 0 spiro atoms. The van der Waals surface area contributed by atoms with Crippen LogP contribution in [0.1, 0.15) is 32.3 Å². The van der Waals surface area contributed by atoms with Crippen LogP contribution in [0.15, 0.2) is 18.2 Å². The number of Topliss-reactive ketones (excluding diaryl/α,β-unsaturated/α-hetero) is 1. The molecule has 0 aromatic heterocycles. The average Bonchev–Trinajstić information content (AvgIpc) is 2.27. The minimum absolute atomic E-state index is 0.0728. The molecule has 1 aromatic carbocycles. The van der Waals surface area contributed by atoms with Crippen molar-refractivity contribution in [2.75, 3.05) is 0 Å². The van der Waals surface area contributed by atoms with Crippen LogP contribution >= 0.6 is 23.2 Å². The van der Waals surface area contributed by atoms with E-state index in [9.17, 15) is 4.79 Å². The molecule has 16 heavy (non-hydrogen) atoms. The van der Waals surface area contributed by atoms with Gasteiger partial charge in [-0.2, -0.15) is 0 Å². The standard InChI is InChI=1S/C13H16Cl2O/c1-3-9(13(16)4-2)7-10-5-6-11(14)8-12(10)15/h5-6,8-9H,3-4,7H2,1-2H3. The van der Waals surface area contributed by atoms with Gasteiger partial charge in [-0.25, -0.2) is 0 Å². The van der Waals surface area contributed by atoms with E-state index in [1.165, 1.54) is 0 Å². The van der Waals surface area contributed by atoms with Crippen molar-refractivity contribution in [3.8, 4) is 0 Å². The fourth-order valence-electron chi connectivity index (χ4n) is 1.73. The van der Waals surface area contributed by atoms with Gasteiger partial charge in [0.15, 0.2) is 0 Å². The second-order valence-corrected chi connectivity index (χ2v) is 4.71. The molecule has 0 aliphatic carbocycles. The average molecular weight is 259 g/mol. The zero-order valence-electron chi connectivity index (χ0n) is 9.59. The summed E-state index contributed by atoms with van der Waals surface area (Å²) in [4.78, 5) is 11.7.